The van der Waals surface area contributed by atoms with E-state index in [0.717, 1.165) is 35.0 Å². The number of methoxy groups -OCH3 is 1. The van der Waals surface area contributed by atoms with Gasteiger partial charge in [-0.3, -0.25) is 13.5 Å². The summed E-state index contributed by atoms with van der Waals surface area (Å²) in [5.74, 6) is -0.830. The number of hydrogen-bond acceptors (Lipinski definition) is 11. The number of nitrogens with zero attached hydrogens (tertiary/aromatic N) is 2. The molecule has 0 fully saturated rings. The predicted molar refractivity (Wildman–Crippen MR) is 218 cm³/mol. The van der Waals surface area contributed by atoms with Gasteiger partial charge < -0.3 is 19.2 Å². The number of unbranched alkanes of at least 4 members (excludes halogenated alkanes) is 2. The van der Waals surface area contributed by atoms with Gasteiger partial charge in [0.1, 0.15) is 18.8 Å². The first-order valence-corrected chi connectivity index (χ1v) is 23.5. The Labute approximate surface area is 336 Å². The zero-order valence-electron chi connectivity index (χ0n) is 32.8. The third-order valence-electron chi connectivity index (χ3n) is 10.0. The highest BCUT2D eigenvalue weighted by atomic mass is 32.2. The molecule has 4 rings (SSSR count). The number of carboxylic acids is 1. The number of nitrogens with one attached hydrogen (secondary N) is 1. The van der Waals surface area contributed by atoms with E-state index >= 15 is 0 Å². The van der Waals surface area contributed by atoms with E-state index in [1.165, 1.54) is 13.2 Å². The molecule has 15 nitrogen and oxygen atoms in total. The van der Waals surface area contributed by atoms with Gasteiger partial charge >= 0.3 is 5.97 Å². The van der Waals surface area contributed by atoms with Crippen molar-refractivity contribution in [3.8, 4) is 11.3 Å². The molecule has 0 saturated heterocycles. The molecule has 1 aliphatic carbocycles. The van der Waals surface area contributed by atoms with Crippen LogP contribution in [0.4, 0.5) is 5.69 Å². The van der Waals surface area contributed by atoms with Gasteiger partial charge in [0.15, 0.2) is 0 Å². The fraction of sp³-hybridized carbons (Fsp3) is 0.487. The van der Waals surface area contributed by atoms with Crippen LogP contribution in [-0.2, 0) is 49.4 Å². The molecule has 2 aliphatic heterocycles. The van der Waals surface area contributed by atoms with E-state index in [1.807, 2.05) is 56.3 Å². The van der Waals surface area contributed by atoms with E-state index in [4.69, 9.17) is 14.3 Å². The Bertz CT molecular complexity index is 2300. The zero-order chi connectivity index (χ0) is 41.9. The Hall–Kier alpha value is -3.91. The molecule has 2 heterocycles. The van der Waals surface area contributed by atoms with E-state index < -0.39 is 47.4 Å². The Morgan fingerprint density at radius 1 is 0.982 bits per heavy atom. The summed E-state index contributed by atoms with van der Waals surface area (Å²) in [5, 5.41) is 10.0. The highest BCUT2D eigenvalue weighted by molar-refractivity contribution is 7.89. The lowest BCUT2D eigenvalue weighted by Gasteiger charge is -2.30. The molecule has 0 spiro atoms. The van der Waals surface area contributed by atoms with Crippen molar-refractivity contribution >= 4 is 48.0 Å². The molecule has 1 aromatic carbocycles. The van der Waals surface area contributed by atoms with Crippen LogP contribution in [0.5, 0.6) is 0 Å². The first kappa shape index (κ1) is 45.8. The lowest BCUT2D eigenvalue weighted by Crippen LogP contribution is -2.31. The van der Waals surface area contributed by atoms with Crippen molar-refractivity contribution in [1.82, 2.24) is 9.30 Å². The van der Waals surface area contributed by atoms with Crippen LogP contribution >= 0.6 is 0 Å². The minimum Gasteiger partial charge on any atom is -0.481 e. The van der Waals surface area contributed by atoms with Crippen LogP contribution in [0, 0.1) is 0 Å². The van der Waals surface area contributed by atoms with E-state index in [-0.39, 0.29) is 43.1 Å². The molecule has 0 bridgehead atoms. The number of fused-ring (bicyclic) bond motifs is 2. The lowest BCUT2D eigenvalue weighted by molar-refractivity contribution is -0.137. The molecule has 1 aromatic rings. The summed E-state index contributed by atoms with van der Waals surface area (Å²) in [6.07, 6.45) is 9.84. The standard InChI is InChI=1S/C39H53N3O12S3/c1-5-41(22-11-27-56(48,49)53-4)31-15-17-33-30(19-24-54-36(33)28-31)12-9-13-37-39(2,20-10-26-55(45,46)47)34-29-32(57(50,51)40-21-25-52-3)16-18-35(34)42(37)23-8-6-7-14-38(43)44/h9,12-13,15-19,24,28-29,40H,5-8,10-11,14,20-23,25-27H2,1-4H3,(H-,43,44,45,46,47)/p+1. The van der Waals surface area contributed by atoms with Crippen molar-refractivity contribution in [2.45, 2.75) is 69.1 Å². The van der Waals surface area contributed by atoms with Gasteiger partial charge in [-0.05, 0) is 87.1 Å². The number of allylic oxidation sites excluding steroid dienone is 3. The average molecular weight is 853 g/mol. The Morgan fingerprint density at radius 2 is 1.75 bits per heavy atom. The van der Waals surface area contributed by atoms with E-state index in [2.05, 4.69) is 18.4 Å². The van der Waals surface area contributed by atoms with Gasteiger partial charge in [-0.15, -0.1) is 0 Å². The van der Waals surface area contributed by atoms with Crippen molar-refractivity contribution in [2.24, 2.45) is 0 Å². The largest absolute Gasteiger partial charge is 0.481 e. The van der Waals surface area contributed by atoms with Crippen LogP contribution in [0.3, 0.4) is 0 Å². The quantitative estimate of drug-likeness (QED) is 0.0522. The number of aliphatic carboxylic acids is 1. The van der Waals surface area contributed by atoms with E-state index in [0.29, 0.717) is 56.6 Å². The molecule has 3 aliphatic rings. The molecule has 57 heavy (non-hydrogen) atoms. The smallest absolute Gasteiger partial charge is 0.303 e. The third-order valence-corrected chi connectivity index (χ3v) is 13.6. The summed E-state index contributed by atoms with van der Waals surface area (Å²) in [6.45, 7) is 5.79. The highest BCUT2D eigenvalue weighted by Crippen LogP contribution is 2.51. The number of carbonyl (C=O) groups is 1. The number of benzene rings is 2. The van der Waals surface area contributed by atoms with Crippen LogP contribution in [0.15, 0.2) is 75.9 Å². The molecule has 0 radical (unpaired) electrons. The van der Waals surface area contributed by atoms with Crippen LogP contribution in [0.1, 0.15) is 69.9 Å². The normalized spacial score (nSPS) is 17.5. The van der Waals surface area contributed by atoms with Gasteiger partial charge in [-0.2, -0.15) is 16.8 Å². The molecule has 18 heteroatoms. The molecule has 0 saturated carbocycles. The van der Waals surface area contributed by atoms with Gasteiger partial charge in [-0.25, -0.2) is 17.7 Å². The van der Waals surface area contributed by atoms with Crippen LogP contribution < -0.4 is 19.6 Å². The molecule has 0 amide bonds. The number of hydrogen-bond donors (Lipinski definition) is 3. The van der Waals surface area contributed by atoms with Crippen LogP contribution in [-0.4, -0.2) is 99.4 Å². The summed E-state index contributed by atoms with van der Waals surface area (Å²) in [4.78, 5) is 13.3. The second-order valence-corrected chi connectivity index (χ2v) is 19.2. The van der Waals surface area contributed by atoms with Crippen molar-refractivity contribution in [1.29, 1.82) is 0 Å². The zero-order valence-corrected chi connectivity index (χ0v) is 35.3. The summed E-state index contributed by atoms with van der Waals surface area (Å²) in [7, 11) is -9.14. The average Bonchev–Trinajstić information content (AvgIpc) is 3.38. The van der Waals surface area contributed by atoms with Crippen molar-refractivity contribution < 1.29 is 53.0 Å². The Morgan fingerprint density at radius 3 is 2.44 bits per heavy atom. The summed E-state index contributed by atoms with van der Waals surface area (Å²) >= 11 is 0. The highest BCUT2D eigenvalue weighted by Gasteiger charge is 2.43. The van der Waals surface area contributed by atoms with E-state index in [9.17, 15) is 34.6 Å². The SMILES string of the molecule is CC[N+](CCCS(=O)(=O)OC)=c1ccc2c(C=CC=C3N(CCCCCC(=O)O)c4ccc(S(=O)(=O)NCCOC)cc4C3(C)CCCS(=O)(=O)O)ccoc-2c1. The van der Waals surface area contributed by atoms with Gasteiger partial charge in [-0.1, -0.05) is 18.6 Å². The minimum absolute atomic E-state index is 0.0390. The number of sulfonamides is 1. The van der Waals surface area contributed by atoms with Crippen molar-refractivity contribution in [3.63, 3.8) is 0 Å². The van der Waals surface area contributed by atoms with Gasteiger partial charge in [0.05, 0.1) is 42.4 Å². The maximum absolute atomic E-state index is 13.3. The lowest BCUT2D eigenvalue weighted by atomic mass is 9.77. The summed E-state index contributed by atoms with van der Waals surface area (Å²) < 4.78 is 104. The van der Waals surface area contributed by atoms with Gasteiger partial charge in [0, 0.05) is 61.5 Å². The summed E-state index contributed by atoms with van der Waals surface area (Å²) in [5.41, 5.74) is 2.98. The molecule has 314 valence electrons. The van der Waals surface area contributed by atoms with Gasteiger partial charge in [0.2, 0.25) is 15.4 Å². The third kappa shape index (κ3) is 12.5. The molecule has 3 N–H and O–H groups in total. The molecule has 1 atom stereocenters. The fourth-order valence-corrected chi connectivity index (χ4v) is 9.28. The molecular formula is C39H54N3O12S3+. The topological polar surface area (TPSA) is 210 Å². The maximum Gasteiger partial charge on any atom is 0.303 e. The van der Waals surface area contributed by atoms with Crippen molar-refractivity contribution in [3.05, 3.63) is 83.1 Å². The molecule has 0 aromatic heterocycles. The second-order valence-electron chi connectivity index (χ2n) is 14.0. The molecule has 1 unspecified atom stereocenters. The van der Waals surface area contributed by atoms with Crippen molar-refractivity contribution in [2.75, 3.05) is 63.4 Å². The second kappa shape index (κ2) is 20.2. The first-order chi connectivity index (χ1) is 26.9. The Kier molecular flexibility index (Phi) is 16.2. The maximum atomic E-state index is 13.3. The predicted octanol–water partition coefficient (Wildman–Crippen LogP) is 4.46. The monoisotopic (exact) mass is 852 g/mol. The number of rotatable bonds is 23. The molecular weight excluding hydrogens is 799 g/mol. The van der Waals surface area contributed by atoms with Crippen LogP contribution in [0.25, 0.3) is 17.4 Å². The minimum atomic E-state index is -4.27. The number of ether oxygens (including phenoxy) is 1. The first-order valence-electron chi connectivity index (χ1n) is 18.8. The Balaban J connectivity index is 1.77. The number of carboxylic acid groups (broad SMARTS) is 1. The summed E-state index contributed by atoms with van der Waals surface area (Å²) in [6, 6.07) is 12.5. The van der Waals surface area contributed by atoms with Crippen LogP contribution in [0.2, 0.25) is 0 Å². The van der Waals surface area contributed by atoms with Gasteiger partial charge in [0.25, 0.3) is 20.2 Å². The fourth-order valence-electron chi connectivity index (χ4n) is 7.08. The van der Waals surface area contributed by atoms with E-state index in [1.54, 1.807) is 18.4 Å². The number of anilines is 1.